The SMILES string of the molecule is O=S(=O)(c1cccn2c(SCc3cccc(Cl)c3)nnc12)N1CCCCC1. The van der Waals surface area contributed by atoms with Crippen LogP contribution in [0.15, 0.2) is 52.6 Å². The quantitative estimate of drug-likeness (QED) is 0.584. The molecule has 3 heterocycles. The Kier molecular flexibility index (Phi) is 5.41. The lowest BCUT2D eigenvalue weighted by Crippen LogP contribution is -2.35. The van der Waals surface area contributed by atoms with Gasteiger partial charge in [-0.2, -0.15) is 4.31 Å². The molecule has 0 aliphatic carbocycles. The monoisotopic (exact) mass is 422 g/mol. The molecule has 1 aliphatic heterocycles. The van der Waals surface area contributed by atoms with Gasteiger partial charge in [-0.15, -0.1) is 10.2 Å². The fourth-order valence-electron chi connectivity index (χ4n) is 3.19. The Morgan fingerprint density at radius 3 is 2.67 bits per heavy atom. The lowest BCUT2D eigenvalue weighted by molar-refractivity contribution is 0.347. The van der Waals surface area contributed by atoms with E-state index in [0.29, 0.717) is 34.7 Å². The number of halogens is 1. The molecule has 6 nitrogen and oxygen atoms in total. The zero-order chi connectivity index (χ0) is 18.9. The summed E-state index contributed by atoms with van der Waals surface area (Å²) in [5.74, 6) is 0.671. The highest BCUT2D eigenvalue weighted by Gasteiger charge is 2.29. The van der Waals surface area contributed by atoms with Crippen molar-refractivity contribution in [2.24, 2.45) is 0 Å². The summed E-state index contributed by atoms with van der Waals surface area (Å²) in [5, 5.41) is 9.72. The molecule has 1 aromatic carbocycles. The van der Waals surface area contributed by atoms with E-state index in [4.69, 9.17) is 11.6 Å². The van der Waals surface area contributed by atoms with E-state index in [1.165, 1.54) is 11.8 Å². The maximum atomic E-state index is 13.1. The van der Waals surface area contributed by atoms with E-state index in [2.05, 4.69) is 10.2 Å². The van der Waals surface area contributed by atoms with Gasteiger partial charge >= 0.3 is 0 Å². The first-order chi connectivity index (χ1) is 13.1. The Hall–Kier alpha value is -1.61. The Labute approximate surface area is 167 Å². The van der Waals surface area contributed by atoms with Gasteiger partial charge in [-0.3, -0.25) is 4.40 Å². The van der Waals surface area contributed by atoms with Gasteiger partial charge in [-0.05, 0) is 42.7 Å². The Balaban J connectivity index is 1.63. The van der Waals surface area contributed by atoms with Gasteiger partial charge in [0, 0.05) is 30.1 Å². The summed E-state index contributed by atoms with van der Waals surface area (Å²) in [7, 11) is -3.56. The van der Waals surface area contributed by atoms with Crippen LogP contribution in [0.5, 0.6) is 0 Å². The van der Waals surface area contributed by atoms with Gasteiger partial charge in [0.05, 0.1) is 0 Å². The molecular weight excluding hydrogens is 404 g/mol. The summed E-state index contributed by atoms with van der Waals surface area (Å²) in [6.07, 6.45) is 4.67. The first kappa shape index (κ1) is 18.7. The number of rotatable bonds is 5. The number of piperidine rings is 1. The largest absolute Gasteiger partial charge is 0.276 e. The van der Waals surface area contributed by atoms with Crippen molar-refractivity contribution in [3.63, 3.8) is 0 Å². The highest BCUT2D eigenvalue weighted by molar-refractivity contribution is 7.98. The summed E-state index contributed by atoms with van der Waals surface area (Å²) >= 11 is 7.53. The number of hydrogen-bond acceptors (Lipinski definition) is 5. The molecule has 1 fully saturated rings. The fraction of sp³-hybridized carbons (Fsp3) is 0.333. The zero-order valence-corrected chi connectivity index (χ0v) is 17.0. The second kappa shape index (κ2) is 7.79. The number of benzene rings is 1. The number of sulfonamides is 1. The first-order valence-corrected chi connectivity index (χ1v) is 11.6. The van der Waals surface area contributed by atoms with Crippen LogP contribution in [-0.2, 0) is 15.8 Å². The molecular formula is C18H19ClN4O2S2. The number of hydrogen-bond donors (Lipinski definition) is 0. The van der Waals surface area contributed by atoms with Crippen molar-refractivity contribution in [2.45, 2.75) is 35.1 Å². The molecule has 9 heteroatoms. The molecule has 0 atom stereocenters. The van der Waals surface area contributed by atoms with Gasteiger partial charge in [-0.25, -0.2) is 8.42 Å². The lowest BCUT2D eigenvalue weighted by Gasteiger charge is -2.25. The van der Waals surface area contributed by atoms with Gasteiger partial charge in [-0.1, -0.05) is 41.9 Å². The van der Waals surface area contributed by atoms with Crippen molar-refractivity contribution in [1.29, 1.82) is 0 Å². The molecule has 3 aromatic rings. The third kappa shape index (κ3) is 3.85. The number of pyridine rings is 1. The molecule has 1 saturated heterocycles. The summed E-state index contributed by atoms with van der Waals surface area (Å²) < 4.78 is 29.4. The van der Waals surface area contributed by atoms with E-state index in [9.17, 15) is 8.42 Å². The van der Waals surface area contributed by atoms with Gasteiger partial charge in [0.2, 0.25) is 10.0 Å². The van der Waals surface area contributed by atoms with Crippen molar-refractivity contribution in [3.8, 4) is 0 Å². The molecule has 0 spiro atoms. The maximum absolute atomic E-state index is 13.1. The number of fused-ring (bicyclic) bond motifs is 1. The van der Waals surface area contributed by atoms with Crippen molar-refractivity contribution >= 4 is 39.0 Å². The number of aromatic nitrogens is 3. The highest BCUT2D eigenvalue weighted by atomic mass is 35.5. The van der Waals surface area contributed by atoms with Gasteiger partial charge in [0.15, 0.2) is 10.8 Å². The van der Waals surface area contributed by atoms with Gasteiger partial charge in [0.1, 0.15) is 4.90 Å². The van der Waals surface area contributed by atoms with E-state index in [1.54, 1.807) is 27.0 Å². The van der Waals surface area contributed by atoms with Crippen LogP contribution in [0.25, 0.3) is 5.65 Å². The van der Waals surface area contributed by atoms with E-state index < -0.39 is 10.0 Å². The van der Waals surface area contributed by atoms with Crippen LogP contribution >= 0.6 is 23.4 Å². The minimum Gasteiger partial charge on any atom is -0.276 e. The first-order valence-electron chi connectivity index (χ1n) is 8.77. The smallest absolute Gasteiger partial charge is 0.246 e. The molecule has 0 N–H and O–H groups in total. The van der Waals surface area contributed by atoms with E-state index in [0.717, 1.165) is 24.8 Å². The van der Waals surface area contributed by atoms with E-state index >= 15 is 0 Å². The molecule has 0 bridgehead atoms. The van der Waals surface area contributed by atoms with E-state index in [1.807, 2.05) is 24.3 Å². The average Bonchev–Trinajstić information content (AvgIpc) is 3.10. The molecule has 0 saturated carbocycles. The Bertz CT molecular complexity index is 1060. The van der Waals surface area contributed by atoms with Crippen LogP contribution in [0.4, 0.5) is 0 Å². The van der Waals surface area contributed by atoms with Crippen molar-refractivity contribution in [3.05, 3.63) is 53.2 Å². The Morgan fingerprint density at radius 2 is 1.89 bits per heavy atom. The molecule has 1 aliphatic rings. The standard InChI is InChI=1S/C18H19ClN4O2S2/c19-15-7-4-6-14(12-15)13-26-18-21-20-17-16(8-5-11-23(17)18)27(24,25)22-9-2-1-3-10-22/h4-8,11-12H,1-3,9-10,13H2. The maximum Gasteiger partial charge on any atom is 0.246 e. The molecule has 0 amide bonds. The highest BCUT2D eigenvalue weighted by Crippen LogP contribution is 2.27. The predicted molar refractivity (Wildman–Crippen MR) is 107 cm³/mol. The second-order valence-corrected chi connectivity index (χ2v) is 9.72. The van der Waals surface area contributed by atoms with Crippen molar-refractivity contribution in [1.82, 2.24) is 18.9 Å². The van der Waals surface area contributed by atoms with Gasteiger partial charge in [0.25, 0.3) is 0 Å². The fourth-order valence-corrected chi connectivity index (χ4v) is 5.90. The summed E-state index contributed by atoms with van der Waals surface area (Å²) in [5.41, 5.74) is 1.44. The third-order valence-corrected chi connectivity index (χ3v) is 7.73. The second-order valence-electron chi connectivity index (χ2n) is 6.43. The molecule has 0 radical (unpaired) electrons. The number of thioether (sulfide) groups is 1. The van der Waals surface area contributed by atoms with Crippen LogP contribution < -0.4 is 0 Å². The zero-order valence-electron chi connectivity index (χ0n) is 14.6. The lowest BCUT2D eigenvalue weighted by atomic mass is 10.2. The molecule has 4 rings (SSSR count). The topological polar surface area (TPSA) is 67.6 Å². The third-order valence-electron chi connectivity index (χ3n) is 4.56. The van der Waals surface area contributed by atoms with Crippen molar-refractivity contribution in [2.75, 3.05) is 13.1 Å². The van der Waals surface area contributed by atoms with Crippen LogP contribution in [0.1, 0.15) is 24.8 Å². The molecule has 2 aromatic heterocycles. The van der Waals surface area contributed by atoms with Crippen molar-refractivity contribution < 1.29 is 8.42 Å². The summed E-state index contributed by atoms with van der Waals surface area (Å²) in [6.45, 7) is 1.13. The van der Waals surface area contributed by atoms with Crippen LogP contribution in [-0.4, -0.2) is 40.4 Å². The Morgan fingerprint density at radius 1 is 1.07 bits per heavy atom. The average molecular weight is 423 g/mol. The normalized spacial score (nSPS) is 16.0. The minimum atomic E-state index is -3.56. The predicted octanol–water partition coefficient (Wildman–Crippen LogP) is 3.85. The summed E-state index contributed by atoms with van der Waals surface area (Å²) in [6, 6.07) is 11.0. The van der Waals surface area contributed by atoms with Crippen LogP contribution in [0.2, 0.25) is 5.02 Å². The van der Waals surface area contributed by atoms with Crippen LogP contribution in [0, 0.1) is 0 Å². The summed E-state index contributed by atoms with van der Waals surface area (Å²) in [4.78, 5) is 0.217. The molecule has 27 heavy (non-hydrogen) atoms. The van der Waals surface area contributed by atoms with E-state index in [-0.39, 0.29) is 4.90 Å². The molecule has 142 valence electrons. The number of nitrogens with zero attached hydrogens (tertiary/aromatic N) is 4. The molecule has 0 unspecified atom stereocenters. The van der Waals surface area contributed by atoms with Crippen LogP contribution in [0.3, 0.4) is 0 Å². The van der Waals surface area contributed by atoms with Gasteiger partial charge < -0.3 is 0 Å². The minimum absolute atomic E-state index is 0.217.